The van der Waals surface area contributed by atoms with Gasteiger partial charge < -0.3 is 16.0 Å². The molecule has 0 unspecified atom stereocenters. The van der Waals surface area contributed by atoms with Crippen molar-refractivity contribution in [3.05, 3.63) is 34.4 Å². The van der Waals surface area contributed by atoms with E-state index in [1.807, 2.05) is 0 Å². The van der Waals surface area contributed by atoms with Crippen LogP contribution in [0.25, 0.3) is 0 Å². The number of hydrogen-bond donors (Lipinski definition) is 3. The first-order valence-electron chi connectivity index (χ1n) is 2.90. The molecule has 0 bridgehead atoms. The van der Waals surface area contributed by atoms with Crippen molar-refractivity contribution in [2.24, 2.45) is 0 Å². The molecule has 12 heavy (non-hydrogen) atoms. The molecule has 0 fully saturated rings. The van der Waals surface area contributed by atoms with E-state index >= 15 is 0 Å². The van der Waals surface area contributed by atoms with Crippen LogP contribution in [0.1, 0.15) is 0 Å². The minimum atomic E-state index is -1.50. The fourth-order valence-electron chi connectivity index (χ4n) is 0.525. The SMILES string of the molecule is Nc1cccc(O)c1.O=[N+]([O-])O. The molecule has 0 aliphatic rings. The molecule has 1 aromatic carbocycles. The van der Waals surface area contributed by atoms with Gasteiger partial charge in [0.15, 0.2) is 0 Å². The van der Waals surface area contributed by atoms with E-state index in [1.165, 1.54) is 6.07 Å². The summed E-state index contributed by atoms with van der Waals surface area (Å²) in [5, 5.41) is 22.4. The van der Waals surface area contributed by atoms with Crippen molar-refractivity contribution < 1.29 is 15.4 Å². The van der Waals surface area contributed by atoms with Crippen LogP contribution in [-0.4, -0.2) is 15.4 Å². The summed E-state index contributed by atoms with van der Waals surface area (Å²) in [6.07, 6.45) is 0. The standard InChI is InChI=1S/C6H7NO.HNO3/c7-5-2-1-3-6(8)4-5;2-1(3)4/h1-4,8H,7H2;(H,2,3,4). The van der Waals surface area contributed by atoms with Gasteiger partial charge in [-0.3, -0.25) is 0 Å². The van der Waals surface area contributed by atoms with Crippen LogP contribution in [0.5, 0.6) is 5.75 Å². The number of phenols is 1. The van der Waals surface area contributed by atoms with Gasteiger partial charge in [-0.25, -0.2) is 0 Å². The van der Waals surface area contributed by atoms with E-state index in [2.05, 4.69) is 0 Å². The molecule has 66 valence electrons. The van der Waals surface area contributed by atoms with Gasteiger partial charge in [0.2, 0.25) is 0 Å². The van der Waals surface area contributed by atoms with Crippen LogP contribution in [0.3, 0.4) is 0 Å². The fourth-order valence-corrected chi connectivity index (χ4v) is 0.525. The zero-order chi connectivity index (χ0) is 9.56. The molecule has 0 atom stereocenters. The first-order chi connectivity index (χ1) is 5.52. The Labute approximate surface area is 68.0 Å². The molecular formula is C6H8N2O4. The number of hydrogen-bond acceptors (Lipinski definition) is 4. The van der Waals surface area contributed by atoms with Gasteiger partial charge in [-0.2, -0.15) is 0 Å². The summed E-state index contributed by atoms with van der Waals surface area (Å²) >= 11 is 0. The number of nitrogen functional groups attached to an aromatic ring is 1. The van der Waals surface area contributed by atoms with E-state index in [4.69, 9.17) is 26.2 Å². The molecule has 0 saturated carbocycles. The molecule has 0 radical (unpaired) electrons. The molecular weight excluding hydrogens is 164 g/mol. The molecule has 0 spiro atoms. The molecule has 0 aromatic heterocycles. The Morgan fingerprint density at radius 2 is 2.00 bits per heavy atom. The predicted molar refractivity (Wildman–Crippen MR) is 41.3 cm³/mol. The highest BCUT2D eigenvalue weighted by Crippen LogP contribution is 2.10. The van der Waals surface area contributed by atoms with Crippen LogP contribution < -0.4 is 5.73 Å². The van der Waals surface area contributed by atoms with Crippen LogP contribution in [-0.2, 0) is 0 Å². The molecule has 0 aliphatic heterocycles. The average molecular weight is 172 g/mol. The first-order valence-corrected chi connectivity index (χ1v) is 2.90. The van der Waals surface area contributed by atoms with Crippen molar-refractivity contribution in [3.63, 3.8) is 0 Å². The minimum Gasteiger partial charge on any atom is -0.508 e. The second-order valence-corrected chi connectivity index (χ2v) is 1.83. The van der Waals surface area contributed by atoms with Gasteiger partial charge in [-0.1, -0.05) is 6.07 Å². The van der Waals surface area contributed by atoms with Crippen LogP contribution >= 0.6 is 0 Å². The number of benzene rings is 1. The maximum Gasteiger partial charge on any atom is 0.291 e. The Morgan fingerprint density at radius 1 is 1.50 bits per heavy atom. The minimum absolute atomic E-state index is 0.213. The molecule has 6 nitrogen and oxygen atoms in total. The highest BCUT2D eigenvalue weighted by Gasteiger charge is 1.83. The number of nitrogens with two attached hydrogens (primary N) is 1. The predicted octanol–water partition coefficient (Wildman–Crippen LogP) is 0.627. The van der Waals surface area contributed by atoms with Crippen molar-refractivity contribution in [1.29, 1.82) is 0 Å². The zero-order valence-electron chi connectivity index (χ0n) is 6.04. The summed E-state index contributed by atoms with van der Waals surface area (Å²) in [6.45, 7) is 0. The number of phenolic OH excluding ortho intramolecular Hbond substituents is 1. The largest absolute Gasteiger partial charge is 0.508 e. The summed E-state index contributed by atoms with van der Waals surface area (Å²) in [6, 6.07) is 6.50. The average Bonchev–Trinajstić information content (AvgIpc) is 1.84. The van der Waals surface area contributed by atoms with Crippen molar-refractivity contribution in [2.45, 2.75) is 0 Å². The monoisotopic (exact) mass is 172 g/mol. The third-order valence-electron chi connectivity index (χ3n) is 0.870. The van der Waals surface area contributed by atoms with Crippen LogP contribution in [0.15, 0.2) is 24.3 Å². The molecule has 0 amide bonds. The quantitative estimate of drug-likeness (QED) is 0.302. The summed E-state index contributed by atoms with van der Waals surface area (Å²) < 4.78 is 0. The van der Waals surface area contributed by atoms with Gasteiger partial charge in [-0.15, -0.1) is 10.1 Å². The normalized spacial score (nSPS) is 8.00. The molecule has 1 rings (SSSR count). The summed E-state index contributed by atoms with van der Waals surface area (Å²) in [5.41, 5.74) is 5.89. The molecule has 0 saturated heterocycles. The van der Waals surface area contributed by atoms with Gasteiger partial charge in [-0.05, 0) is 12.1 Å². The molecule has 4 N–H and O–H groups in total. The van der Waals surface area contributed by atoms with Crippen LogP contribution in [0, 0.1) is 10.1 Å². The lowest BCUT2D eigenvalue weighted by molar-refractivity contribution is -0.742. The smallest absolute Gasteiger partial charge is 0.291 e. The Kier molecular flexibility index (Phi) is 3.99. The highest BCUT2D eigenvalue weighted by atomic mass is 16.9. The third-order valence-corrected chi connectivity index (χ3v) is 0.870. The lowest BCUT2D eigenvalue weighted by Gasteiger charge is -1.90. The number of rotatable bonds is 0. The maximum absolute atomic E-state index is 8.73. The lowest BCUT2D eigenvalue weighted by atomic mass is 10.3. The number of nitrogens with zero attached hydrogens (tertiary/aromatic N) is 1. The first kappa shape index (κ1) is 10.0. The number of anilines is 1. The van der Waals surface area contributed by atoms with Gasteiger partial charge in [0, 0.05) is 11.8 Å². The van der Waals surface area contributed by atoms with E-state index < -0.39 is 5.09 Å². The van der Waals surface area contributed by atoms with Gasteiger partial charge >= 0.3 is 0 Å². The van der Waals surface area contributed by atoms with Crippen molar-refractivity contribution in [3.8, 4) is 5.75 Å². The Bertz CT molecular complexity index is 242. The van der Waals surface area contributed by atoms with Gasteiger partial charge in [0.1, 0.15) is 5.75 Å². The second kappa shape index (κ2) is 4.78. The molecule has 1 aromatic rings. The maximum atomic E-state index is 8.73. The molecule has 0 aliphatic carbocycles. The van der Waals surface area contributed by atoms with Gasteiger partial charge in [0.25, 0.3) is 5.09 Å². The molecule has 0 heterocycles. The van der Waals surface area contributed by atoms with E-state index in [9.17, 15) is 0 Å². The highest BCUT2D eigenvalue weighted by molar-refractivity contribution is 5.42. The van der Waals surface area contributed by atoms with Crippen molar-refractivity contribution >= 4 is 5.69 Å². The molecule has 6 heteroatoms. The van der Waals surface area contributed by atoms with E-state index in [-0.39, 0.29) is 5.75 Å². The zero-order valence-corrected chi connectivity index (χ0v) is 6.04. The lowest BCUT2D eigenvalue weighted by Crippen LogP contribution is -1.81. The Morgan fingerprint density at radius 3 is 2.25 bits per heavy atom. The second-order valence-electron chi connectivity index (χ2n) is 1.83. The van der Waals surface area contributed by atoms with Crippen LogP contribution in [0.2, 0.25) is 0 Å². The number of aromatic hydroxyl groups is 1. The summed E-state index contributed by atoms with van der Waals surface area (Å²) in [5.74, 6) is 0.213. The van der Waals surface area contributed by atoms with E-state index in [0.717, 1.165) is 0 Å². The third kappa shape index (κ3) is 6.14. The van der Waals surface area contributed by atoms with Crippen molar-refractivity contribution in [2.75, 3.05) is 5.73 Å². The van der Waals surface area contributed by atoms with E-state index in [1.54, 1.807) is 18.2 Å². The summed E-state index contributed by atoms with van der Waals surface area (Å²) in [4.78, 5) is 8.36. The van der Waals surface area contributed by atoms with Crippen molar-refractivity contribution in [1.82, 2.24) is 0 Å². The summed E-state index contributed by atoms with van der Waals surface area (Å²) in [7, 11) is 0. The Balaban J connectivity index is 0.000000261. The van der Waals surface area contributed by atoms with Crippen LogP contribution in [0.4, 0.5) is 5.69 Å². The topological polar surface area (TPSA) is 110 Å². The van der Waals surface area contributed by atoms with E-state index in [0.29, 0.717) is 5.69 Å². The fraction of sp³-hybridized carbons (Fsp3) is 0. The Hall–Kier alpha value is -1.98. The van der Waals surface area contributed by atoms with Gasteiger partial charge in [0.05, 0.1) is 0 Å².